The number of rotatable bonds is 13. The quantitative estimate of drug-likeness (QED) is 0.399. The summed E-state index contributed by atoms with van der Waals surface area (Å²) in [6, 6.07) is 12.3. The zero-order valence-corrected chi connectivity index (χ0v) is 24.4. The minimum Gasteiger partial charge on any atom is -0.486 e. The molecule has 9 nitrogen and oxygen atoms in total. The van der Waals surface area contributed by atoms with Crippen LogP contribution in [0.15, 0.2) is 42.5 Å². The number of carbonyl (C=O) groups excluding carboxylic acids is 2. The predicted molar refractivity (Wildman–Crippen MR) is 153 cm³/mol. The molecule has 1 aliphatic heterocycles. The highest BCUT2D eigenvalue weighted by Gasteiger charge is 2.29. The highest BCUT2D eigenvalue weighted by molar-refractivity contribution is 7.92. The van der Waals surface area contributed by atoms with Crippen LogP contribution in [0.5, 0.6) is 11.5 Å². The van der Waals surface area contributed by atoms with Gasteiger partial charge in [0.05, 0.1) is 11.9 Å². The summed E-state index contributed by atoms with van der Waals surface area (Å²) in [6.45, 7) is 9.70. The number of nitrogens with one attached hydrogen (secondary N) is 1. The summed E-state index contributed by atoms with van der Waals surface area (Å²) in [4.78, 5) is 28.2. The molecule has 2 amide bonds. The molecule has 1 N–H and O–H groups in total. The Morgan fingerprint density at radius 3 is 2.31 bits per heavy atom. The van der Waals surface area contributed by atoms with Crippen molar-refractivity contribution in [1.82, 2.24) is 10.2 Å². The number of hydrogen-bond acceptors (Lipinski definition) is 6. The van der Waals surface area contributed by atoms with E-state index in [-0.39, 0.29) is 37.1 Å². The third-order valence-electron chi connectivity index (χ3n) is 6.51. The van der Waals surface area contributed by atoms with Crippen LogP contribution in [-0.4, -0.2) is 63.7 Å². The van der Waals surface area contributed by atoms with Crippen molar-refractivity contribution in [2.24, 2.45) is 5.92 Å². The van der Waals surface area contributed by atoms with E-state index in [4.69, 9.17) is 9.47 Å². The summed E-state index contributed by atoms with van der Waals surface area (Å²) in [7, 11) is -3.62. The van der Waals surface area contributed by atoms with Crippen molar-refractivity contribution in [3.63, 3.8) is 0 Å². The lowest BCUT2D eigenvalue weighted by atomic mass is 10.1. The summed E-state index contributed by atoms with van der Waals surface area (Å²) in [5.41, 5.74) is 2.49. The number of hydrogen-bond donors (Lipinski definition) is 1. The molecule has 0 aliphatic carbocycles. The lowest BCUT2D eigenvalue weighted by Gasteiger charge is -2.31. The first-order valence-electron chi connectivity index (χ1n) is 13.5. The third kappa shape index (κ3) is 8.61. The minimum absolute atomic E-state index is 0.0936. The van der Waals surface area contributed by atoms with Crippen LogP contribution in [0, 0.1) is 12.8 Å². The average Bonchev–Trinajstić information content (AvgIpc) is 2.89. The van der Waals surface area contributed by atoms with Gasteiger partial charge in [-0.1, -0.05) is 50.6 Å². The first-order chi connectivity index (χ1) is 18.5. The molecule has 1 aliphatic rings. The molecular formula is C29H41N3O6S. The zero-order chi connectivity index (χ0) is 28.6. The Kier molecular flexibility index (Phi) is 10.6. The molecule has 10 heteroatoms. The van der Waals surface area contributed by atoms with Gasteiger partial charge >= 0.3 is 0 Å². The molecule has 0 radical (unpaired) electrons. The number of sulfonamides is 1. The Bertz CT molecular complexity index is 1230. The predicted octanol–water partition coefficient (Wildman–Crippen LogP) is 3.89. The van der Waals surface area contributed by atoms with E-state index in [0.29, 0.717) is 49.9 Å². The Labute approximate surface area is 232 Å². The molecule has 2 aromatic carbocycles. The van der Waals surface area contributed by atoms with E-state index in [2.05, 4.69) is 5.32 Å². The van der Waals surface area contributed by atoms with Crippen LogP contribution in [0.4, 0.5) is 5.69 Å². The Hall–Kier alpha value is -3.27. The smallest absolute Gasteiger partial charge is 0.242 e. The van der Waals surface area contributed by atoms with Crippen LogP contribution in [0.2, 0.25) is 0 Å². The lowest BCUT2D eigenvalue weighted by Crippen LogP contribution is -2.49. The van der Waals surface area contributed by atoms with Crippen molar-refractivity contribution in [1.29, 1.82) is 0 Å². The maximum absolute atomic E-state index is 13.6. The zero-order valence-electron chi connectivity index (χ0n) is 23.6. The van der Waals surface area contributed by atoms with Crippen molar-refractivity contribution < 1.29 is 27.5 Å². The largest absolute Gasteiger partial charge is 0.486 e. The summed E-state index contributed by atoms with van der Waals surface area (Å²) in [5, 5.41) is 2.96. The first-order valence-corrected chi connectivity index (χ1v) is 15.3. The second-order valence-corrected chi connectivity index (χ2v) is 12.2. The van der Waals surface area contributed by atoms with Crippen molar-refractivity contribution in [3.05, 3.63) is 53.6 Å². The molecule has 0 saturated heterocycles. The Balaban J connectivity index is 1.75. The van der Waals surface area contributed by atoms with Crippen LogP contribution in [0.1, 0.15) is 51.2 Å². The average molecular weight is 560 g/mol. The van der Waals surface area contributed by atoms with Crippen LogP contribution in [-0.2, 0) is 26.2 Å². The number of nitrogens with zero attached hydrogens (tertiary/aromatic N) is 2. The Morgan fingerprint density at radius 1 is 1.03 bits per heavy atom. The van der Waals surface area contributed by atoms with E-state index in [1.54, 1.807) is 23.1 Å². The van der Waals surface area contributed by atoms with Gasteiger partial charge in [0.15, 0.2) is 11.5 Å². The van der Waals surface area contributed by atoms with Gasteiger partial charge in [-0.25, -0.2) is 8.42 Å². The molecule has 1 unspecified atom stereocenters. The molecule has 3 rings (SSSR count). The second-order valence-electron chi connectivity index (χ2n) is 10.3. The van der Waals surface area contributed by atoms with Gasteiger partial charge in [0, 0.05) is 32.1 Å². The fourth-order valence-electron chi connectivity index (χ4n) is 4.42. The number of fused-ring (bicyclic) bond motifs is 1. The summed E-state index contributed by atoms with van der Waals surface area (Å²) in [6.07, 6.45) is 1.99. The first kappa shape index (κ1) is 30.3. The molecule has 0 spiro atoms. The van der Waals surface area contributed by atoms with E-state index >= 15 is 0 Å². The highest BCUT2D eigenvalue weighted by atomic mass is 32.2. The number of amides is 2. The number of benzene rings is 2. The van der Waals surface area contributed by atoms with Crippen LogP contribution in [0.25, 0.3) is 0 Å². The number of aryl methyl sites for hydroxylation is 1. The van der Waals surface area contributed by atoms with Gasteiger partial charge in [-0.3, -0.25) is 13.9 Å². The van der Waals surface area contributed by atoms with Crippen LogP contribution < -0.4 is 19.1 Å². The van der Waals surface area contributed by atoms with Gasteiger partial charge in [0.25, 0.3) is 0 Å². The highest BCUT2D eigenvalue weighted by Crippen LogP contribution is 2.34. The molecular weight excluding hydrogens is 518 g/mol. The van der Waals surface area contributed by atoms with E-state index in [0.717, 1.165) is 17.4 Å². The molecule has 0 saturated carbocycles. The van der Waals surface area contributed by atoms with Gasteiger partial charge in [-0.05, 0) is 43.4 Å². The maximum atomic E-state index is 13.6. The van der Waals surface area contributed by atoms with Crippen molar-refractivity contribution in [3.8, 4) is 11.5 Å². The van der Waals surface area contributed by atoms with Crippen molar-refractivity contribution in [2.45, 2.75) is 59.5 Å². The molecule has 0 fully saturated rings. The summed E-state index contributed by atoms with van der Waals surface area (Å²) in [5.74, 6) is 0.973. The van der Waals surface area contributed by atoms with Crippen molar-refractivity contribution >= 4 is 27.5 Å². The molecule has 39 heavy (non-hydrogen) atoms. The summed E-state index contributed by atoms with van der Waals surface area (Å²) < 4.78 is 37.7. The lowest BCUT2D eigenvalue weighted by molar-refractivity contribution is -0.141. The molecule has 0 aromatic heterocycles. The van der Waals surface area contributed by atoms with Gasteiger partial charge in [0.1, 0.15) is 19.3 Å². The monoisotopic (exact) mass is 559 g/mol. The topological polar surface area (TPSA) is 105 Å². The minimum atomic E-state index is -3.62. The van der Waals surface area contributed by atoms with E-state index in [1.807, 2.05) is 52.0 Å². The van der Waals surface area contributed by atoms with Gasteiger partial charge in [0.2, 0.25) is 21.8 Å². The normalized spacial score (nSPS) is 13.6. The van der Waals surface area contributed by atoms with Crippen LogP contribution >= 0.6 is 0 Å². The van der Waals surface area contributed by atoms with Gasteiger partial charge < -0.3 is 19.7 Å². The number of anilines is 1. The van der Waals surface area contributed by atoms with E-state index < -0.39 is 16.1 Å². The standard InChI is InChI=1S/C29H41N3O6S/c1-6-25(29(34)30-19-21(2)3)31(20-23-11-9-22(4)10-12-23)28(33)8-7-15-32(39(5,35)36)24-13-14-26-27(18-24)38-17-16-37-26/h9-14,18,21,25H,6-8,15-17,19-20H2,1-5H3,(H,30,34). The third-order valence-corrected chi connectivity index (χ3v) is 7.70. The maximum Gasteiger partial charge on any atom is 0.242 e. The van der Waals surface area contributed by atoms with Crippen LogP contribution in [0.3, 0.4) is 0 Å². The van der Waals surface area contributed by atoms with Crippen molar-refractivity contribution in [2.75, 3.05) is 36.9 Å². The Morgan fingerprint density at radius 2 is 1.69 bits per heavy atom. The molecule has 214 valence electrons. The van der Waals surface area contributed by atoms with E-state index in [9.17, 15) is 18.0 Å². The SMILES string of the molecule is CCC(C(=O)NCC(C)C)N(Cc1ccc(C)cc1)C(=O)CCCN(c1ccc2c(c1)OCCO2)S(C)(=O)=O. The molecule has 1 atom stereocenters. The number of carbonyl (C=O) groups is 2. The van der Waals surface area contributed by atoms with E-state index in [1.165, 1.54) is 4.31 Å². The van der Waals surface area contributed by atoms with Gasteiger partial charge in [-0.2, -0.15) is 0 Å². The molecule has 1 heterocycles. The number of ether oxygens (including phenoxy) is 2. The second kappa shape index (κ2) is 13.7. The molecule has 2 aromatic rings. The fraction of sp³-hybridized carbons (Fsp3) is 0.517. The van der Waals surface area contributed by atoms with Gasteiger partial charge in [-0.15, -0.1) is 0 Å². The fourth-order valence-corrected chi connectivity index (χ4v) is 5.38. The summed E-state index contributed by atoms with van der Waals surface area (Å²) >= 11 is 0. The molecule has 0 bridgehead atoms.